The van der Waals surface area contributed by atoms with E-state index in [0.717, 1.165) is 45.3 Å². The first-order valence-electron chi connectivity index (χ1n) is 11.4. The largest absolute Gasteiger partial charge is 0.487 e. The average Bonchev–Trinajstić information content (AvgIpc) is 3.19. The molecule has 0 spiro atoms. The maximum atomic E-state index is 12.6. The van der Waals surface area contributed by atoms with Gasteiger partial charge in [0, 0.05) is 4.47 Å². The lowest BCUT2D eigenvalue weighted by Gasteiger charge is -2.12. The predicted molar refractivity (Wildman–Crippen MR) is 175 cm³/mol. The van der Waals surface area contributed by atoms with Crippen molar-refractivity contribution in [3.63, 3.8) is 0 Å². The SMILES string of the molecule is Cc1cc(N=C2NC(=O)/C(=C/c3cc(I)c(OCc4ccc5ccccc5c4)c(I)c3)S2)cc(C)c1Br. The number of hydrogen-bond donors (Lipinski definition) is 1. The van der Waals surface area contributed by atoms with Gasteiger partial charge in [0.1, 0.15) is 12.4 Å². The van der Waals surface area contributed by atoms with Gasteiger partial charge in [-0.15, -0.1) is 0 Å². The van der Waals surface area contributed by atoms with Gasteiger partial charge >= 0.3 is 0 Å². The molecular weight excluding hydrogens is 774 g/mol. The Bertz CT molecular complexity index is 1570. The lowest BCUT2D eigenvalue weighted by molar-refractivity contribution is -0.115. The van der Waals surface area contributed by atoms with Crippen LogP contribution in [0.1, 0.15) is 22.3 Å². The molecule has 186 valence electrons. The van der Waals surface area contributed by atoms with Crippen molar-refractivity contribution >= 4 is 106 Å². The molecule has 1 fully saturated rings. The van der Waals surface area contributed by atoms with Gasteiger partial charge in [0.05, 0.1) is 17.7 Å². The van der Waals surface area contributed by atoms with E-state index in [1.165, 1.54) is 22.5 Å². The second-order valence-corrected chi connectivity index (χ2v) is 12.8. The van der Waals surface area contributed by atoms with Gasteiger partial charge in [-0.25, -0.2) is 4.99 Å². The highest BCUT2D eigenvalue weighted by atomic mass is 127. The lowest BCUT2D eigenvalue weighted by atomic mass is 10.1. The first-order chi connectivity index (χ1) is 17.8. The molecule has 8 heteroatoms. The topological polar surface area (TPSA) is 50.7 Å². The predicted octanol–water partition coefficient (Wildman–Crippen LogP) is 8.90. The minimum absolute atomic E-state index is 0.143. The second-order valence-electron chi connectivity index (χ2n) is 8.66. The third-order valence-electron chi connectivity index (χ3n) is 5.82. The number of ether oxygens (including phenoxy) is 1. The Morgan fingerprint density at radius 1 is 0.973 bits per heavy atom. The number of carbonyl (C=O) groups is 1. The van der Waals surface area contributed by atoms with E-state index in [2.05, 4.69) is 102 Å². The van der Waals surface area contributed by atoms with Crippen LogP contribution in [0.3, 0.4) is 0 Å². The molecule has 0 radical (unpaired) electrons. The van der Waals surface area contributed by atoms with E-state index >= 15 is 0 Å². The second kappa shape index (κ2) is 11.5. The van der Waals surface area contributed by atoms with Gasteiger partial charge in [0.2, 0.25) is 0 Å². The molecule has 0 bridgehead atoms. The van der Waals surface area contributed by atoms with Crippen LogP contribution in [0.15, 0.2) is 81.1 Å². The Balaban J connectivity index is 1.32. The van der Waals surface area contributed by atoms with Gasteiger partial charge in [-0.1, -0.05) is 52.3 Å². The lowest BCUT2D eigenvalue weighted by Crippen LogP contribution is -2.19. The fourth-order valence-corrected chi connectivity index (χ4v) is 7.22. The molecule has 4 aromatic carbocycles. The van der Waals surface area contributed by atoms with Crippen LogP contribution in [0.4, 0.5) is 5.69 Å². The number of thioether (sulfide) groups is 1. The number of amidine groups is 1. The van der Waals surface area contributed by atoms with Crippen LogP contribution in [0.5, 0.6) is 5.75 Å². The fraction of sp³-hybridized carbons (Fsp3) is 0.103. The van der Waals surface area contributed by atoms with E-state index in [9.17, 15) is 4.79 Å². The number of hydrogen-bond acceptors (Lipinski definition) is 4. The zero-order valence-corrected chi connectivity index (χ0v) is 26.7. The molecule has 1 N–H and O–H groups in total. The van der Waals surface area contributed by atoms with Gasteiger partial charge in [-0.3, -0.25) is 4.79 Å². The highest BCUT2D eigenvalue weighted by Gasteiger charge is 2.24. The Kier molecular flexibility index (Phi) is 8.28. The summed E-state index contributed by atoms with van der Waals surface area (Å²) in [6.07, 6.45) is 1.90. The summed E-state index contributed by atoms with van der Waals surface area (Å²) in [6.45, 7) is 4.56. The van der Waals surface area contributed by atoms with E-state index in [4.69, 9.17) is 4.74 Å². The van der Waals surface area contributed by atoms with Crippen LogP contribution in [0, 0.1) is 21.0 Å². The molecule has 37 heavy (non-hydrogen) atoms. The summed E-state index contributed by atoms with van der Waals surface area (Å²) in [7, 11) is 0. The minimum atomic E-state index is -0.143. The van der Waals surface area contributed by atoms with Crippen molar-refractivity contribution < 1.29 is 9.53 Å². The maximum Gasteiger partial charge on any atom is 0.264 e. The summed E-state index contributed by atoms with van der Waals surface area (Å²) < 4.78 is 9.29. The minimum Gasteiger partial charge on any atom is -0.487 e. The van der Waals surface area contributed by atoms with Gasteiger partial charge in [-0.05, 0) is 140 Å². The Morgan fingerprint density at radius 2 is 1.65 bits per heavy atom. The molecule has 4 aromatic rings. The van der Waals surface area contributed by atoms with E-state index in [-0.39, 0.29) is 5.91 Å². The van der Waals surface area contributed by atoms with E-state index < -0.39 is 0 Å². The first-order valence-corrected chi connectivity index (χ1v) is 15.2. The number of rotatable bonds is 5. The molecule has 1 amide bonds. The van der Waals surface area contributed by atoms with Crippen LogP contribution in [0.2, 0.25) is 0 Å². The summed E-state index contributed by atoms with van der Waals surface area (Å²) in [6, 6.07) is 22.8. The van der Waals surface area contributed by atoms with Crippen molar-refractivity contribution in [2.45, 2.75) is 20.5 Å². The number of aliphatic imine (C=N–C) groups is 1. The molecule has 5 rings (SSSR count). The molecule has 0 unspecified atom stereocenters. The van der Waals surface area contributed by atoms with Crippen LogP contribution < -0.4 is 10.1 Å². The monoisotopic (exact) mass is 794 g/mol. The molecule has 0 saturated carbocycles. The summed E-state index contributed by atoms with van der Waals surface area (Å²) in [5.41, 5.74) is 5.10. The molecule has 1 aliphatic rings. The third-order valence-corrected chi connectivity index (χ3v) is 9.58. The first kappa shape index (κ1) is 26.7. The summed E-state index contributed by atoms with van der Waals surface area (Å²) in [4.78, 5) is 17.9. The van der Waals surface area contributed by atoms with Crippen molar-refractivity contribution in [3.05, 3.63) is 106 Å². The third kappa shape index (κ3) is 6.23. The molecule has 4 nitrogen and oxygen atoms in total. The Labute approximate surface area is 255 Å². The van der Waals surface area contributed by atoms with Crippen molar-refractivity contribution in [3.8, 4) is 5.75 Å². The van der Waals surface area contributed by atoms with Crippen LogP contribution >= 0.6 is 72.9 Å². The highest BCUT2D eigenvalue weighted by molar-refractivity contribution is 14.1. The van der Waals surface area contributed by atoms with E-state index in [1.54, 1.807) is 0 Å². The summed E-state index contributed by atoms with van der Waals surface area (Å²) in [5.74, 6) is 0.708. The molecular formula is C29H21BrI2N2O2S. The molecule has 1 heterocycles. The van der Waals surface area contributed by atoms with Crippen molar-refractivity contribution in [2.24, 2.45) is 4.99 Å². The number of benzene rings is 4. The van der Waals surface area contributed by atoms with Gasteiger partial charge in [0.15, 0.2) is 5.17 Å². The molecule has 0 aromatic heterocycles. The smallest absolute Gasteiger partial charge is 0.264 e. The normalized spacial score (nSPS) is 15.5. The van der Waals surface area contributed by atoms with Gasteiger partial charge < -0.3 is 10.1 Å². The fourth-order valence-electron chi connectivity index (χ4n) is 4.02. The average molecular weight is 795 g/mol. The van der Waals surface area contributed by atoms with E-state index in [1.807, 2.05) is 56.3 Å². The highest BCUT2D eigenvalue weighted by Crippen LogP contribution is 2.34. The van der Waals surface area contributed by atoms with Crippen LogP contribution in [-0.4, -0.2) is 11.1 Å². The quantitative estimate of drug-likeness (QED) is 0.162. The summed E-state index contributed by atoms with van der Waals surface area (Å²) >= 11 is 9.53. The Hall–Kier alpha value is -1.89. The zero-order chi connectivity index (χ0) is 26.1. The number of nitrogens with zero attached hydrogens (tertiary/aromatic N) is 1. The van der Waals surface area contributed by atoms with Crippen molar-refractivity contribution in [2.75, 3.05) is 0 Å². The van der Waals surface area contributed by atoms with Crippen molar-refractivity contribution in [1.29, 1.82) is 0 Å². The number of amides is 1. The van der Waals surface area contributed by atoms with Crippen molar-refractivity contribution in [1.82, 2.24) is 5.32 Å². The number of fused-ring (bicyclic) bond motifs is 1. The molecule has 1 aliphatic heterocycles. The van der Waals surface area contributed by atoms with Gasteiger partial charge in [0.25, 0.3) is 5.91 Å². The molecule has 0 aliphatic carbocycles. The number of halogens is 3. The number of carbonyl (C=O) groups excluding carboxylic acids is 1. The summed E-state index contributed by atoms with van der Waals surface area (Å²) in [5, 5.41) is 5.89. The number of nitrogens with one attached hydrogen (secondary N) is 1. The Morgan fingerprint density at radius 3 is 2.35 bits per heavy atom. The van der Waals surface area contributed by atoms with Crippen LogP contribution in [-0.2, 0) is 11.4 Å². The molecule has 0 atom stereocenters. The zero-order valence-electron chi connectivity index (χ0n) is 19.9. The van der Waals surface area contributed by atoms with E-state index in [0.29, 0.717) is 16.7 Å². The molecule has 1 saturated heterocycles. The standard InChI is InChI=1S/C29H21BrI2N2O2S/c1-16-9-22(10-17(2)26(16)30)33-29-34-28(35)25(37-29)14-19-12-23(31)27(24(32)13-19)36-15-18-7-8-20-5-3-4-6-21(20)11-18/h3-14H,15H2,1-2H3,(H,33,34,35)/b25-14-. The maximum absolute atomic E-state index is 12.6. The number of aryl methyl sites for hydroxylation is 2. The van der Waals surface area contributed by atoms with Crippen LogP contribution in [0.25, 0.3) is 16.8 Å². The van der Waals surface area contributed by atoms with Gasteiger partial charge in [-0.2, -0.15) is 0 Å².